The highest BCUT2D eigenvalue weighted by molar-refractivity contribution is 7.89. The van der Waals surface area contributed by atoms with Crippen molar-refractivity contribution >= 4 is 27.9 Å². The molecule has 0 saturated carbocycles. The molecule has 0 aliphatic carbocycles. The fourth-order valence-electron chi connectivity index (χ4n) is 1.59. The largest absolute Gasteiger partial charge is 0.440 e. The third kappa shape index (κ3) is 3.69. The lowest BCUT2D eigenvalue weighted by Crippen LogP contribution is -2.25. The van der Waals surface area contributed by atoms with Crippen molar-refractivity contribution in [2.45, 2.75) is 11.5 Å². The first-order chi connectivity index (χ1) is 9.51. The van der Waals surface area contributed by atoms with Crippen LogP contribution in [0.4, 0.5) is 0 Å². The van der Waals surface area contributed by atoms with Gasteiger partial charge in [-0.15, -0.1) is 0 Å². The quantitative estimate of drug-likeness (QED) is 0.830. The van der Waals surface area contributed by atoms with Gasteiger partial charge in [0, 0.05) is 11.6 Å². The van der Waals surface area contributed by atoms with E-state index < -0.39 is 10.0 Å². The number of hydrogen-bond acceptors (Lipinski definition) is 4. The van der Waals surface area contributed by atoms with Crippen LogP contribution < -0.4 is 4.72 Å². The number of benzene rings is 1. The number of carbonyl (C=O) groups excluding carboxylic acids is 1. The van der Waals surface area contributed by atoms with E-state index in [9.17, 15) is 13.2 Å². The minimum atomic E-state index is -3.73. The molecule has 0 unspecified atom stereocenters. The lowest BCUT2D eigenvalue weighted by Gasteiger charge is -2.04. The Morgan fingerprint density at radius 3 is 2.45 bits per heavy atom. The van der Waals surface area contributed by atoms with Gasteiger partial charge < -0.3 is 4.42 Å². The number of rotatable bonds is 6. The molecule has 0 radical (unpaired) electrons. The van der Waals surface area contributed by atoms with E-state index in [2.05, 4.69) is 4.72 Å². The van der Waals surface area contributed by atoms with Crippen LogP contribution in [-0.2, 0) is 16.4 Å². The molecule has 1 aromatic carbocycles. The van der Waals surface area contributed by atoms with E-state index in [1.807, 2.05) is 12.1 Å². The summed E-state index contributed by atoms with van der Waals surface area (Å²) in [5.74, 6) is -0.0249. The zero-order valence-corrected chi connectivity index (χ0v) is 11.9. The van der Waals surface area contributed by atoms with Gasteiger partial charge in [0.05, 0.1) is 0 Å². The van der Waals surface area contributed by atoms with Gasteiger partial charge in [0.1, 0.15) is 0 Å². The van der Waals surface area contributed by atoms with Gasteiger partial charge in [0.25, 0.3) is 10.0 Å². The average Bonchev–Trinajstić information content (AvgIpc) is 2.90. The molecule has 2 rings (SSSR count). The summed E-state index contributed by atoms with van der Waals surface area (Å²) in [6.07, 6.45) is 0.977. The van der Waals surface area contributed by atoms with E-state index in [4.69, 9.17) is 16.0 Å². The third-order valence-electron chi connectivity index (χ3n) is 2.60. The van der Waals surface area contributed by atoms with Crippen molar-refractivity contribution in [2.75, 3.05) is 6.54 Å². The number of carbonyl (C=O) groups is 1. The Hall–Kier alpha value is -1.63. The summed E-state index contributed by atoms with van der Waals surface area (Å²) in [6.45, 7) is 0.223. The van der Waals surface area contributed by atoms with E-state index in [0.29, 0.717) is 17.7 Å². The van der Waals surface area contributed by atoms with Crippen LogP contribution >= 0.6 is 11.6 Å². The Bertz CT molecular complexity index is 691. The third-order valence-corrected chi connectivity index (χ3v) is 4.19. The molecule has 0 fully saturated rings. The number of aldehydes is 1. The highest BCUT2D eigenvalue weighted by Crippen LogP contribution is 2.13. The number of nitrogens with one attached hydrogen (secondary N) is 1. The van der Waals surface area contributed by atoms with Gasteiger partial charge in [-0.3, -0.25) is 4.79 Å². The molecule has 0 saturated heterocycles. The molecule has 7 heteroatoms. The Morgan fingerprint density at radius 2 is 1.85 bits per heavy atom. The second kappa shape index (κ2) is 6.21. The molecule has 2 aromatic rings. The number of hydrogen-bond donors (Lipinski definition) is 1. The molecule has 5 nitrogen and oxygen atoms in total. The van der Waals surface area contributed by atoms with Crippen LogP contribution in [0.15, 0.2) is 45.9 Å². The van der Waals surface area contributed by atoms with E-state index in [1.165, 1.54) is 12.1 Å². The molecule has 0 spiro atoms. The Labute approximate surface area is 121 Å². The van der Waals surface area contributed by atoms with Crippen molar-refractivity contribution in [2.24, 2.45) is 0 Å². The van der Waals surface area contributed by atoms with E-state index in [0.717, 1.165) is 5.56 Å². The van der Waals surface area contributed by atoms with Gasteiger partial charge in [-0.05, 0) is 36.2 Å². The maximum absolute atomic E-state index is 11.9. The van der Waals surface area contributed by atoms with Gasteiger partial charge >= 0.3 is 0 Å². The van der Waals surface area contributed by atoms with Gasteiger partial charge in [0.2, 0.25) is 5.09 Å². The van der Waals surface area contributed by atoms with Crippen LogP contribution in [0.5, 0.6) is 0 Å². The average molecular weight is 314 g/mol. The van der Waals surface area contributed by atoms with Crippen molar-refractivity contribution in [3.63, 3.8) is 0 Å². The van der Waals surface area contributed by atoms with Gasteiger partial charge in [0.15, 0.2) is 12.0 Å². The number of halogens is 1. The zero-order valence-electron chi connectivity index (χ0n) is 10.4. The predicted molar refractivity (Wildman–Crippen MR) is 74.4 cm³/mol. The van der Waals surface area contributed by atoms with Crippen LogP contribution in [0.2, 0.25) is 5.02 Å². The summed E-state index contributed by atoms with van der Waals surface area (Å²) >= 11 is 5.76. The summed E-state index contributed by atoms with van der Waals surface area (Å²) in [4.78, 5) is 10.5. The fourth-order valence-corrected chi connectivity index (χ4v) is 2.69. The molecule has 0 atom stereocenters. The summed E-state index contributed by atoms with van der Waals surface area (Å²) < 4.78 is 31.0. The SMILES string of the molecule is O=Cc1ccc(S(=O)(=O)NCCc2ccc(Cl)cc2)o1. The topological polar surface area (TPSA) is 76.4 Å². The van der Waals surface area contributed by atoms with Crippen molar-refractivity contribution in [1.29, 1.82) is 0 Å². The van der Waals surface area contributed by atoms with Crippen LogP contribution in [0.3, 0.4) is 0 Å². The Balaban J connectivity index is 1.95. The highest BCUT2D eigenvalue weighted by atomic mass is 35.5. The van der Waals surface area contributed by atoms with Crippen LogP contribution in [0.25, 0.3) is 0 Å². The minimum absolute atomic E-state index is 0.0249. The van der Waals surface area contributed by atoms with Gasteiger partial charge in [-0.25, -0.2) is 13.1 Å². The zero-order chi connectivity index (χ0) is 14.6. The maximum atomic E-state index is 11.9. The minimum Gasteiger partial charge on any atom is -0.440 e. The van der Waals surface area contributed by atoms with Gasteiger partial charge in [-0.1, -0.05) is 23.7 Å². The molecule has 1 aromatic heterocycles. The van der Waals surface area contributed by atoms with Crippen molar-refractivity contribution in [3.8, 4) is 0 Å². The van der Waals surface area contributed by atoms with E-state index in [1.54, 1.807) is 12.1 Å². The lowest BCUT2D eigenvalue weighted by atomic mass is 10.2. The molecule has 1 heterocycles. The molecule has 0 amide bonds. The normalized spacial score (nSPS) is 11.4. The second-order valence-electron chi connectivity index (χ2n) is 4.05. The lowest BCUT2D eigenvalue weighted by molar-refractivity contribution is 0.109. The Kier molecular flexibility index (Phi) is 4.59. The first-order valence-corrected chi connectivity index (χ1v) is 7.66. The van der Waals surface area contributed by atoms with Gasteiger partial charge in [-0.2, -0.15) is 0 Å². The fraction of sp³-hybridized carbons (Fsp3) is 0.154. The van der Waals surface area contributed by atoms with Crippen molar-refractivity contribution in [3.05, 3.63) is 52.7 Å². The highest BCUT2D eigenvalue weighted by Gasteiger charge is 2.17. The monoisotopic (exact) mass is 313 g/mol. The first kappa shape index (κ1) is 14.8. The number of sulfonamides is 1. The van der Waals surface area contributed by atoms with Crippen LogP contribution in [0.1, 0.15) is 16.1 Å². The molecular weight excluding hydrogens is 302 g/mol. The van der Waals surface area contributed by atoms with E-state index in [-0.39, 0.29) is 17.4 Å². The first-order valence-electron chi connectivity index (χ1n) is 5.80. The molecule has 0 aliphatic rings. The summed E-state index contributed by atoms with van der Waals surface area (Å²) in [7, 11) is -3.73. The summed E-state index contributed by atoms with van der Waals surface area (Å²) in [5, 5.41) is 0.363. The smallest absolute Gasteiger partial charge is 0.273 e. The van der Waals surface area contributed by atoms with Crippen molar-refractivity contribution in [1.82, 2.24) is 4.72 Å². The molecule has 0 aliphatic heterocycles. The predicted octanol–water partition coefficient (Wildman–Crippen LogP) is 2.27. The molecule has 1 N–H and O–H groups in total. The van der Waals surface area contributed by atoms with E-state index >= 15 is 0 Å². The molecule has 20 heavy (non-hydrogen) atoms. The molecule has 0 bridgehead atoms. The molecule has 106 valence electrons. The second-order valence-corrected chi connectivity index (χ2v) is 6.18. The maximum Gasteiger partial charge on any atom is 0.273 e. The Morgan fingerprint density at radius 1 is 1.15 bits per heavy atom. The van der Waals surface area contributed by atoms with Crippen LogP contribution in [0, 0.1) is 0 Å². The summed E-state index contributed by atoms with van der Waals surface area (Å²) in [5.41, 5.74) is 0.963. The molecular formula is C13H12ClNO4S. The standard InChI is InChI=1S/C13H12ClNO4S/c14-11-3-1-10(2-4-11)7-8-15-20(17,18)13-6-5-12(9-16)19-13/h1-6,9,15H,7-8H2. The summed E-state index contributed by atoms with van der Waals surface area (Å²) in [6, 6.07) is 9.69. The number of furan rings is 1. The van der Waals surface area contributed by atoms with Crippen LogP contribution in [-0.4, -0.2) is 21.2 Å². The van der Waals surface area contributed by atoms with Crippen molar-refractivity contribution < 1.29 is 17.6 Å².